The SMILES string of the molecule is Cc1ccc(NC(=O)c2cc(-c3ccccc3)nc3c(C(N)=O)ncn23)c(O)c1. The number of aryl methyl sites for hydroxylation is 1. The van der Waals surface area contributed by atoms with Gasteiger partial charge < -0.3 is 16.2 Å². The number of rotatable bonds is 4. The number of benzene rings is 2. The van der Waals surface area contributed by atoms with Crippen LogP contribution in [0.2, 0.25) is 0 Å². The van der Waals surface area contributed by atoms with Crippen molar-refractivity contribution in [2.24, 2.45) is 5.73 Å². The van der Waals surface area contributed by atoms with Gasteiger partial charge in [0, 0.05) is 5.56 Å². The maximum absolute atomic E-state index is 13.0. The van der Waals surface area contributed by atoms with Crippen LogP contribution in [0.25, 0.3) is 16.9 Å². The minimum atomic E-state index is -0.743. The number of nitrogens with two attached hydrogens (primary N) is 1. The summed E-state index contributed by atoms with van der Waals surface area (Å²) in [6, 6.07) is 15.8. The third kappa shape index (κ3) is 3.39. The van der Waals surface area contributed by atoms with Crippen molar-refractivity contribution in [2.45, 2.75) is 6.92 Å². The van der Waals surface area contributed by atoms with E-state index in [4.69, 9.17) is 5.73 Å². The quantitative estimate of drug-likeness (QED) is 0.465. The molecule has 2 aromatic heterocycles. The first-order valence-electron chi connectivity index (χ1n) is 8.78. The average Bonchev–Trinajstić information content (AvgIpc) is 3.14. The number of hydrogen-bond donors (Lipinski definition) is 3. The van der Waals surface area contributed by atoms with Gasteiger partial charge in [-0.1, -0.05) is 36.4 Å². The number of fused-ring (bicyclic) bond motifs is 1. The summed E-state index contributed by atoms with van der Waals surface area (Å²) in [4.78, 5) is 33.2. The fourth-order valence-electron chi connectivity index (χ4n) is 3.01. The van der Waals surface area contributed by atoms with E-state index in [9.17, 15) is 14.7 Å². The van der Waals surface area contributed by atoms with Gasteiger partial charge in [-0.3, -0.25) is 14.0 Å². The highest BCUT2D eigenvalue weighted by Crippen LogP contribution is 2.26. The second-order valence-electron chi connectivity index (χ2n) is 6.52. The van der Waals surface area contributed by atoms with E-state index in [2.05, 4.69) is 15.3 Å². The van der Waals surface area contributed by atoms with Crippen LogP contribution in [0.3, 0.4) is 0 Å². The predicted molar refractivity (Wildman–Crippen MR) is 108 cm³/mol. The molecule has 0 saturated heterocycles. The summed E-state index contributed by atoms with van der Waals surface area (Å²) in [7, 11) is 0. The molecule has 0 aliphatic rings. The van der Waals surface area contributed by atoms with Crippen LogP contribution < -0.4 is 11.1 Å². The fourth-order valence-corrected chi connectivity index (χ4v) is 3.01. The van der Waals surface area contributed by atoms with Crippen LogP contribution in [0, 0.1) is 6.92 Å². The van der Waals surface area contributed by atoms with E-state index in [-0.39, 0.29) is 28.5 Å². The summed E-state index contributed by atoms with van der Waals surface area (Å²) in [6.07, 6.45) is 1.32. The van der Waals surface area contributed by atoms with Gasteiger partial charge in [-0.25, -0.2) is 9.97 Å². The average molecular weight is 387 g/mol. The number of phenols is 1. The molecule has 0 bridgehead atoms. The number of phenolic OH excluding ortho intramolecular Hbond substituents is 1. The molecule has 29 heavy (non-hydrogen) atoms. The number of primary amides is 1. The minimum absolute atomic E-state index is 0.0324. The van der Waals surface area contributed by atoms with Crippen LogP contribution in [-0.2, 0) is 0 Å². The van der Waals surface area contributed by atoms with Gasteiger partial charge in [0.15, 0.2) is 11.3 Å². The Kier molecular flexibility index (Phi) is 4.44. The Hall–Kier alpha value is -4.20. The summed E-state index contributed by atoms with van der Waals surface area (Å²) in [5, 5.41) is 12.8. The van der Waals surface area contributed by atoms with Crippen LogP contribution in [0.4, 0.5) is 5.69 Å². The zero-order valence-electron chi connectivity index (χ0n) is 15.5. The Morgan fingerprint density at radius 3 is 2.55 bits per heavy atom. The number of carbonyl (C=O) groups is 2. The third-order valence-electron chi connectivity index (χ3n) is 4.44. The first-order valence-corrected chi connectivity index (χ1v) is 8.78. The molecule has 8 nitrogen and oxygen atoms in total. The number of hydrogen-bond acceptors (Lipinski definition) is 5. The van der Waals surface area contributed by atoms with Crippen LogP contribution >= 0.6 is 0 Å². The minimum Gasteiger partial charge on any atom is -0.506 e. The molecule has 8 heteroatoms. The Morgan fingerprint density at radius 1 is 1.10 bits per heavy atom. The van der Waals surface area contributed by atoms with E-state index >= 15 is 0 Å². The summed E-state index contributed by atoms with van der Waals surface area (Å²) >= 11 is 0. The predicted octanol–water partition coefficient (Wildman–Crippen LogP) is 2.76. The molecule has 0 radical (unpaired) electrons. The molecule has 0 aliphatic heterocycles. The number of carbonyl (C=O) groups excluding carboxylic acids is 2. The third-order valence-corrected chi connectivity index (χ3v) is 4.44. The molecular formula is C21H17N5O3. The van der Waals surface area contributed by atoms with E-state index in [1.807, 2.05) is 37.3 Å². The summed E-state index contributed by atoms with van der Waals surface area (Å²) in [5.41, 5.74) is 8.12. The lowest BCUT2D eigenvalue weighted by molar-refractivity contribution is 0.0993. The normalized spacial score (nSPS) is 10.8. The Morgan fingerprint density at radius 2 is 1.86 bits per heavy atom. The molecule has 0 saturated carbocycles. The number of nitrogens with one attached hydrogen (secondary N) is 1. The zero-order chi connectivity index (χ0) is 20.5. The molecule has 4 aromatic rings. The number of amides is 2. The number of anilines is 1. The topological polar surface area (TPSA) is 123 Å². The first-order chi connectivity index (χ1) is 13.9. The van der Waals surface area contributed by atoms with Gasteiger partial charge in [0.2, 0.25) is 0 Å². The van der Waals surface area contributed by atoms with Crippen LogP contribution in [0.5, 0.6) is 5.75 Å². The van der Waals surface area contributed by atoms with E-state index in [1.165, 1.54) is 10.7 Å². The summed E-state index contributed by atoms with van der Waals surface area (Å²) < 4.78 is 1.40. The lowest BCUT2D eigenvalue weighted by Gasteiger charge is -2.11. The molecule has 0 aliphatic carbocycles. The molecule has 144 valence electrons. The van der Waals surface area contributed by atoms with Gasteiger partial charge >= 0.3 is 0 Å². The van der Waals surface area contributed by atoms with Crippen LogP contribution in [0.1, 0.15) is 26.5 Å². The van der Waals surface area contributed by atoms with Crippen molar-refractivity contribution in [1.82, 2.24) is 14.4 Å². The van der Waals surface area contributed by atoms with E-state index in [0.29, 0.717) is 5.69 Å². The maximum Gasteiger partial charge on any atom is 0.272 e. The van der Waals surface area contributed by atoms with E-state index in [1.54, 1.807) is 24.3 Å². The Labute approximate surface area is 165 Å². The molecular weight excluding hydrogens is 370 g/mol. The second-order valence-corrected chi connectivity index (χ2v) is 6.52. The van der Waals surface area contributed by atoms with Crippen molar-refractivity contribution in [2.75, 3.05) is 5.32 Å². The molecule has 4 N–H and O–H groups in total. The van der Waals surface area contributed by atoms with E-state index in [0.717, 1.165) is 11.1 Å². The molecule has 4 rings (SSSR count). The zero-order valence-corrected chi connectivity index (χ0v) is 15.5. The van der Waals surface area contributed by atoms with Crippen molar-refractivity contribution in [3.63, 3.8) is 0 Å². The monoisotopic (exact) mass is 387 g/mol. The van der Waals surface area contributed by atoms with Gasteiger partial charge in [0.25, 0.3) is 11.8 Å². The van der Waals surface area contributed by atoms with Crippen LogP contribution in [-0.4, -0.2) is 31.3 Å². The van der Waals surface area contributed by atoms with Crippen molar-refractivity contribution >= 4 is 23.1 Å². The molecule has 2 amide bonds. The molecule has 2 heterocycles. The Balaban J connectivity index is 1.86. The fraction of sp³-hybridized carbons (Fsp3) is 0.0476. The van der Waals surface area contributed by atoms with Crippen molar-refractivity contribution in [3.8, 4) is 17.0 Å². The molecule has 0 atom stereocenters. The lowest BCUT2D eigenvalue weighted by atomic mass is 10.1. The van der Waals surface area contributed by atoms with Gasteiger partial charge in [0.1, 0.15) is 17.8 Å². The summed E-state index contributed by atoms with van der Waals surface area (Å²) in [5.74, 6) is -1.29. The highest BCUT2D eigenvalue weighted by Gasteiger charge is 2.20. The number of aromatic hydroxyl groups is 1. The van der Waals surface area contributed by atoms with Gasteiger partial charge in [-0.15, -0.1) is 0 Å². The highest BCUT2D eigenvalue weighted by atomic mass is 16.3. The van der Waals surface area contributed by atoms with Gasteiger partial charge in [0.05, 0.1) is 11.4 Å². The number of nitrogens with zero attached hydrogens (tertiary/aromatic N) is 3. The first kappa shape index (κ1) is 18.2. The summed E-state index contributed by atoms with van der Waals surface area (Å²) in [6.45, 7) is 1.83. The maximum atomic E-state index is 13.0. The molecule has 0 fully saturated rings. The standard InChI is InChI=1S/C21H17N5O3/c1-12-7-8-14(17(27)9-12)25-21(29)16-10-15(13-5-3-2-4-6-13)24-20-18(19(22)28)23-11-26(16)20/h2-11,27H,1H3,(H2,22,28)(H,25,29). The Bertz CT molecular complexity index is 1250. The lowest BCUT2D eigenvalue weighted by Crippen LogP contribution is -2.17. The van der Waals surface area contributed by atoms with Crippen molar-refractivity contribution in [1.29, 1.82) is 0 Å². The largest absolute Gasteiger partial charge is 0.506 e. The molecule has 0 spiro atoms. The number of imidazole rings is 1. The molecule has 2 aromatic carbocycles. The van der Waals surface area contributed by atoms with Crippen molar-refractivity contribution in [3.05, 3.63) is 77.9 Å². The van der Waals surface area contributed by atoms with Gasteiger partial charge in [-0.2, -0.15) is 0 Å². The van der Waals surface area contributed by atoms with Gasteiger partial charge in [-0.05, 0) is 30.7 Å². The number of aromatic nitrogens is 3. The van der Waals surface area contributed by atoms with E-state index < -0.39 is 11.8 Å². The smallest absolute Gasteiger partial charge is 0.272 e. The molecule has 0 unspecified atom stereocenters. The highest BCUT2D eigenvalue weighted by molar-refractivity contribution is 6.05. The van der Waals surface area contributed by atoms with Crippen molar-refractivity contribution < 1.29 is 14.7 Å². The van der Waals surface area contributed by atoms with Crippen LogP contribution in [0.15, 0.2) is 60.9 Å². The second kappa shape index (κ2) is 7.08.